The van der Waals surface area contributed by atoms with Crippen molar-refractivity contribution in [1.82, 2.24) is 0 Å². The minimum atomic E-state index is -0.445. The molecule has 0 atom stereocenters. The van der Waals surface area contributed by atoms with Gasteiger partial charge in [-0.15, -0.1) is 0 Å². The lowest BCUT2D eigenvalue weighted by molar-refractivity contribution is 0.103. The predicted octanol–water partition coefficient (Wildman–Crippen LogP) is 3.71. The molecular weight excluding hydrogens is 297 g/mol. The second-order valence-corrected chi connectivity index (χ2v) is 4.97. The van der Waals surface area contributed by atoms with Crippen molar-refractivity contribution in [2.45, 2.75) is 6.92 Å². The molecule has 0 unspecified atom stereocenters. The van der Waals surface area contributed by atoms with Gasteiger partial charge < -0.3 is 5.73 Å². The molecule has 2 N–H and O–H groups in total. The van der Waals surface area contributed by atoms with Gasteiger partial charge in [-0.25, -0.2) is 4.39 Å². The van der Waals surface area contributed by atoms with Crippen molar-refractivity contribution in [3.8, 4) is 0 Å². The molecule has 0 spiro atoms. The first-order chi connectivity index (χ1) is 8.47. The number of carbonyl (C=O) groups excluding carboxylic acids is 1. The maximum atomic E-state index is 13.2. The van der Waals surface area contributed by atoms with E-state index in [2.05, 4.69) is 15.9 Å². The normalized spacial score (nSPS) is 10.4. The first-order valence-corrected chi connectivity index (χ1v) is 6.13. The highest BCUT2D eigenvalue weighted by molar-refractivity contribution is 9.10. The Morgan fingerprint density at radius 2 is 1.89 bits per heavy atom. The van der Waals surface area contributed by atoms with Gasteiger partial charge in [-0.1, -0.05) is 15.9 Å². The molecule has 0 saturated heterocycles. The fraction of sp³-hybridized carbons (Fsp3) is 0.0714. The van der Waals surface area contributed by atoms with Gasteiger partial charge in [0, 0.05) is 21.3 Å². The molecule has 2 rings (SSSR count). The lowest BCUT2D eigenvalue weighted by Gasteiger charge is -2.05. The van der Waals surface area contributed by atoms with Crippen LogP contribution >= 0.6 is 15.9 Å². The second-order valence-electron chi connectivity index (χ2n) is 4.06. The molecule has 0 aromatic heterocycles. The van der Waals surface area contributed by atoms with E-state index >= 15 is 0 Å². The lowest BCUT2D eigenvalue weighted by Crippen LogP contribution is -2.03. The highest BCUT2D eigenvalue weighted by atomic mass is 79.9. The largest absolute Gasteiger partial charge is 0.399 e. The summed E-state index contributed by atoms with van der Waals surface area (Å²) in [5.41, 5.74) is 7.97. The van der Waals surface area contributed by atoms with Crippen LogP contribution in [0.1, 0.15) is 21.5 Å². The quantitative estimate of drug-likeness (QED) is 0.679. The molecule has 0 saturated carbocycles. The van der Waals surface area contributed by atoms with Crippen molar-refractivity contribution in [2.24, 2.45) is 0 Å². The smallest absolute Gasteiger partial charge is 0.193 e. The first-order valence-electron chi connectivity index (χ1n) is 5.34. The zero-order chi connectivity index (χ0) is 13.3. The van der Waals surface area contributed by atoms with Gasteiger partial charge in [0.2, 0.25) is 0 Å². The third-order valence-electron chi connectivity index (χ3n) is 2.66. The Kier molecular flexibility index (Phi) is 3.48. The van der Waals surface area contributed by atoms with Gasteiger partial charge in [-0.05, 0) is 48.9 Å². The van der Waals surface area contributed by atoms with E-state index in [1.165, 1.54) is 12.1 Å². The van der Waals surface area contributed by atoms with E-state index in [0.29, 0.717) is 21.3 Å². The third-order valence-corrected chi connectivity index (χ3v) is 3.11. The lowest BCUT2D eigenvalue weighted by atomic mass is 10.0. The van der Waals surface area contributed by atoms with Crippen LogP contribution in [0.5, 0.6) is 0 Å². The van der Waals surface area contributed by atoms with E-state index in [0.717, 1.165) is 5.56 Å². The molecular formula is C14H11BrFNO. The number of benzene rings is 2. The minimum absolute atomic E-state index is 0.224. The second kappa shape index (κ2) is 4.90. The molecule has 2 nitrogen and oxygen atoms in total. The summed E-state index contributed by atoms with van der Waals surface area (Å²) < 4.78 is 13.8. The number of hydrogen-bond acceptors (Lipinski definition) is 2. The molecule has 0 aliphatic rings. The molecule has 2 aromatic carbocycles. The van der Waals surface area contributed by atoms with E-state index in [1.807, 2.05) is 6.92 Å². The van der Waals surface area contributed by atoms with Gasteiger partial charge in [-0.2, -0.15) is 0 Å². The average Bonchev–Trinajstić information content (AvgIpc) is 2.30. The molecule has 92 valence electrons. The molecule has 0 heterocycles. The van der Waals surface area contributed by atoms with Crippen molar-refractivity contribution in [3.05, 3.63) is 63.4 Å². The van der Waals surface area contributed by atoms with Gasteiger partial charge in [0.1, 0.15) is 5.82 Å². The number of rotatable bonds is 2. The Labute approximate surface area is 113 Å². The average molecular weight is 308 g/mol. The van der Waals surface area contributed by atoms with Gasteiger partial charge in [0.15, 0.2) is 5.78 Å². The van der Waals surface area contributed by atoms with Crippen molar-refractivity contribution in [3.63, 3.8) is 0 Å². The number of halogens is 2. The third kappa shape index (κ3) is 2.59. The molecule has 0 amide bonds. The minimum Gasteiger partial charge on any atom is -0.399 e. The fourth-order valence-electron chi connectivity index (χ4n) is 1.67. The highest BCUT2D eigenvalue weighted by Crippen LogP contribution is 2.20. The summed E-state index contributed by atoms with van der Waals surface area (Å²) in [6.07, 6.45) is 0. The Morgan fingerprint density at radius 3 is 2.50 bits per heavy atom. The number of nitrogen functional groups attached to an aromatic ring is 1. The van der Waals surface area contributed by atoms with Crippen molar-refractivity contribution in [2.75, 3.05) is 5.73 Å². The molecule has 0 bridgehead atoms. The van der Waals surface area contributed by atoms with E-state index in [-0.39, 0.29) is 5.78 Å². The van der Waals surface area contributed by atoms with Crippen LogP contribution in [-0.2, 0) is 0 Å². The first kappa shape index (κ1) is 12.8. The van der Waals surface area contributed by atoms with Gasteiger partial charge in [0.25, 0.3) is 0 Å². The van der Waals surface area contributed by atoms with Crippen LogP contribution < -0.4 is 5.73 Å². The number of nitrogens with two attached hydrogens (primary N) is 1. The summed E-state index contributed by atoms with van der Waals surface area (Å²) in [4.78, 5) is 12.2. The van der Waals surface area contributed by atoms with E-state index in [9.17, 15) is 9.18 Å². The van der Waals surface area contributed by atoms with Crippen molar-refractivity contribution < 1.29 is 9.18 Å². The topological polar surface area (TPSA) is 43.1 Å². The Morgan fingerprint density at radius 1 is 1.17 bits per heavy atom. The van der Waals surface area contributed by atoms with Crippen LogP contribution in [0.15, 0.2) is 40.9 Å². The van der Waals surface area contributed by atoms with E-state index < -0.39 is 5.82 Å². The Hall–Kier alpha value is -1.68. The molecule has 0 fully saturated rings. The predicted molar refractivity (Wildman–Crippen MR) is 73.1 cm³/mol. The van der Waals surface area contributed by atoms with E-state index in [1.54, 1.807) is 24.3 Å². The van der Waals surface area contributed by atoms with Crippen LogP contribution in [0.2, 0.25) is 0 Å². The fourth-order valence-corrected chi connectivity index (χ4v) is 2.13. The molecule has 0 aliphatic heterocycles. The molecule has 2 aromatic rings. The number of anilines is 1. The molecule has 4 heteroatoms. The summed E-state index contributed by atoms with van der Waals surface area (Å²) in [7, 11) is 0. The molecule has 0 aliphatic carbocycles. The van der Waals surface area contributed by atoms with Gasteiger partial charge in [0.05, 0.1) is 0 Å². The summed E-state index contributed by atoms with van der Waals surface area (Å²) in [5, 5.41) is 0. The van der Waals surface area contributed by atoms with Crippen LogP contribution in [0.4, 0.5) is 10.1 Å². The summed E-state index contributed by atoms with van der Waals surface area (Å²) >= 11 is 3.17. The Bertz CT molecular complexity index is 605. The standard InChI is InChI=1S/C14H11BrFNO/c1-8-4-9(2-3-13(8)17)14(18)10-5-11(15)7-12(16)6-10/h2-7H,17H2,1H3. The SMILES string of the molecule is Cc1cc(C(=O)c2cc(F)cc(Br)c2)ccc1N. The van der Waals surface area contributed by atoms with Crippen LogP contribution in [0.3, 0.4) is 0 Å². The van der Waals surface area contributed by atoms with Gasteiger partial charge >= 0.3 is 0 Å². The van der Waals surface area contributed by atoms with E-state index in [4.69, 9.17) is 5.73 Å². The van der Waals surface area contributed by atoms with Crippen LogP contribution in [0.25, 0.3) is 0 Å². The van der Waals surface area contributed by atoms with Crippen molar-refractivity contribution >= 4 is 27.4 Å². The summed E-state index contributed by atoms with van der Waals surface area (Å²) in [6, 6.07) is 9.15. The maximum absolute atomic E-state index is 13.2. The summed E-state index contributed by atoms with van der Waals surface area (Å²) in [5.74, 6) is -0.668. The number of carbonyl (C=O) groups is 1. The number of ketones is 1. The molecule has 18 heavy (non-hydrogen) atoms. The zero-order valence-corrected chi connectivity index (χ0v) is 11.3. The maximum Gasteiger partial charge on any atom is 0.193 e. The van der Waals surface area contributed by atoms with Crippen LogP contribution in [-0.4, -0.2) is 5.78 Å². The highest BCUT2D eigenvalue weighted by Gasteiger charge is 2.11. The number of hydrogen-bond donors (Lipinski definition) is 1. The number of aryl methyl sites for hydroxylation is 1. The Balaban J connectivity index is 2.44. The monoisotopic (exact) mass is 307 g/mol. The van der Waals surface area contributed by atoms with Crippen LogP contribution in [0, 0.1) is 12.7 Å². The summed E-state index contributed by atoms with van der Waals surface area (Å²) in [6.45, 7) is 1.83. The van der Waals surface area contributed by atoms with Gasteiger partial charge in [-0.3, -0.25) is 4.79 Å². The zero-order valence-electron chi connectivity index (χ0n) is 9.71. The molecule has 0 radical (unpaired) electrons. The van der Waals surface area contributed by atoms with Crippen molar-refractivity contribution in [1.29, 1.82) is 0 Å².